The lowest BCUT2D eigenvalue weighted by atomic mass is 10.2. The Balaban J connectivity index is 1.73. The number of nitrogens with zero attached hydrogens (tertiary/aromatic N) is 2. The molecular weight excluding hydrogens is 374 g/mol. The number of hydrogen-bond donors (Lipinski definition) is 3. The summed E-state index contributed by atoms with van der Waals surface area (Å²) in [6.45, 7) is 3.27. The molecule has 2 aromatic rings. The minimum Gasteiger partial charge on any atom is -0.383 e. The lowest BCUT2D eigenvalue weighted by Crippen LogP contribution is -2.42. The van der Waals surface area contributed by atoms with Crippen LogP contribution in [0.2, 0.25) is 0 Å². The summed E-state index contributed by atoms with van der Waals surface area (Å²) >= 11 is 2.60. The SMILES string of the molecule is COCCNc1nnc(SC(C)C(=O)NC(=O)NCc2ccccc2)s1. The van der Waals surface area contributed by atoms with Crippen molar-refractivity contribution < 1.29 is 14.3 Å². The zero-order valence-electron chi connectivity index (χ0n) is 14.5. The van der Waals surface area contributed by atoms with Gasteiger partial charge in [-0.15, -0.1) is 10.2 Å². The van der Waals surface area contributed by atoms with Crippen LogP contribution >= 0.6 is 23.1 Å². The molecule has 8 nitrogen and oxygen atoms in total. The van der Waals surface area contributed by atoms with Crippen LogP contribution in [0.4, 0.5) is 9.93 Å². The molecule has 0 aliphatic heterocycles. The molecule has 0 aliphatic rings. The Morgan fingerprint density at radius 2 is 2.04 bits per heavy atom. The van der Waals surface area contributed by atoms with Gasteiger partial charge in [-0.2, -0.15) is 0 Å². The van der Waals surface area contributed by atoms with Crippen LogP contribution in [0.25, 0.3) is 0 Å². The van der Waals surface area contributed by atoms with E-state index in [-0.39, 0.29) is 5.91 Å². The number of carbonyl (C=O) groups excluding carboxylic acids is 2. The number of nitrogens with one attached hydrogen (secondary N) is 3. The van der Waals surface area contributed by atoms with Crippen LogP contribution in [0.1, 0.15) is 12.5 Å². The fraction of sp³-hybridized carbons (Fsp3) is 0.375. The molecule has 140 valence electrons. The standard InChI is InChI=1S/C16H21N5O3S2/c1-11(25-16-21-20-15(26-16)17-8-9-24-2)13(22)19-14(23)18-10-12-6-4-3-5-7-12/h3-7,11H,8-10H2,1-2H3,(H,17,20)(H2,18,19,22,23). The summed E-state index contributed by atoms with van der Waals surface area (Å²) in [6.07, 6.45) is 0. The van der Waals surface area contributed by atoms with Gasteiger partial charge in [0.2, 0.25) is 11.0 Å². The monoisotopic (exact) mass is 395 g/mol. The highest BCUT2D eigenvalue weighted by atomic mass is 32.2. The second-order valence-corrected chi connectivity index (χ2v) is 7.78. The summed E-state index contributed by atoms with van der Waals surface area (Å²) in [7, 11) is 1.62. The summed E-state index contributed by atoms with van der Waals surface area (Å²) in [4.78, 5) is 24.0. The summed E-state index contributed by atoms with van der Waals surface area (Å²) in [6, 6.07) is 8.95. The van der Waals surface area contributed by atoms with E-state index in [1.807, 2.05) is 30.3 Å². The molecule has 3 N–H and O–H groups in total. The molecule has 0 bridgehead atoms. The molecule has 0 saturated heterocycles. The zero-order chi connectivity index (χ0) is 18.8. The van der Waals surface area contributed by atoms with Crippen molar-refractivity contribution in [3.05, 3.63) is 35.9 Å². The Kier molecular flexibility index (Phi) is 8.32. The molecule has 0 spiro atoms. The molecule has 1 aromatic heterocycles. The Labute approximate surface area is 160 Å². The van der Waals surface area contributed by atoms with Crippen LogP contribution in [-0.4, -0.2) is 47.6 Å². The Morgan fingerprint density at radius 1 is 1.27 bits per heavy atom. The number of imide groups is 1. The Hall–Kier alpha value is -2.17. The number of amides is 3. The van der Waals surface area contributed by atoms with E-state index in [2.05, 4.69) is 26.1 Å². The van der Waals surface area contributed by atoms with Crippen molar-refractivity contribution in [2.45, 2.75) is 23.1 Å². The first kappa shape index (κ1) is 20.1. The van der Waals surface area contributed by atoms with Crippen molar-refractivity contribution in [2.75, 3.05) is 25.6 Å². The molecule has 3 amide bonds. The van der Waals surface area contributed by atoms with Crippen molar-refractivity contribution in [1.29, 1.82) is 0 Å². The zero-order valence-corrected chi connectivity index (χ0v) is 16.2. The van der Waals surface area contributed by atoms with Gasteiger partial charge < -0.3 is 15.4 Å². The van der Waals surface area contributed by atoms with Gasteiger partial charge in [0.15, 0.2) is 4.34 Å². The maximum atomic E-state index is 12.1. The first-order valence-electron chi connectivity index (χ1n) is 7.94. The molecular formula is C16H21N5O3S2. The predicted molar refractivity (Wildman–Crippen MR) is 102 cm³/mol. The van der Waals surface area contributed by atoms with Gasteiger partial charge in [0.1, 0.15) is 0 Å². The first-order valence-corrected chi connectivity index (χ1v) is 9.63. The highest BCUT2D eigenvalue weighted by Crippen LogP contribution is 2.28. The number of ether oxygens (including phenoxy) is 1. The third-order valence-corrected chi connectivity index (χ3v) is 5.23. The van der Waals surface area contributed by atoms with Gasteiger partial charge in [0, 0.05) is 20.2 Å². The van der Waals surface area contributed by atoms with Gasteiger partial charge in [-0.05, 0) is 12.5 Å². The molecule has 2 rings (SSSR count). The number of aromatic nitrogens is 2. The first-order chi connectivity index (χ1) is 12.6. The van der Waals surface area contributed by atoms with Gasteiger partial charge in [0.05, 0.1) is 11.9 Å². The quantitative estimate of drug-likeness (QED) is 0.441. The third-order valence-electron chi connectivity index (χ3n) is 3.17. The molecule has 26 heavy (non-hydrogen) atoms. The van der Waals surface area contributed by atoms with Crippen LogP contribution in [0, 0.1) is 0 Å². The van der Waals surface area contributed by atoms with Crippen molar-refractivity contribution in [2.24, 2.45) is 0 Å². The molecule has 10 heteroatoms. The van der Waals surface area contributed by atoms with E-state index < -0.39 is 11.3 Å². The topological polar surface area (TPSA) is 105 Å². The van der Waals surface area contributed by atoms with Crippen LogP contribution < -0.4 is 16.0 Å². The second kappa shape index (κ2) is 10.7. The highest BCUT2D eigenvalue weighted by Gasteiger charge is 2.19. The molecule has 1 heterocycles. The maximum absolute atomic E-state index is 12.1. The molecule has 0 aliphatic carbocycles. The molecule has 1 atom stereocenters. The van der Waals surface area contributed by atoms with E-state index in [1.54, 1.807) is 14.0 Å². The van der Waals surface area contributed by atoms with Crippen molar-refractivity contribution in [3.8, 4) is 0 Å². The predicted octanol–water partition coefficient (Wildman–Crippen LogP) is 2.10. The number of methoxy groups -OCH3 is 1. The van der Waals surface area contributed by atoms with Crippen molar-refractivity contribution >= 4 is 40.2 Å². The van der Waals surface area contributed by atoms with E-state index >= 15 is 0 Å². The average molecular weight is 396 g/mol. The van der Waals surface area contributed by atoms with E-state index in [0.29, 0.717) is 29.2 Å². The summed E-state index contributed by atoms with van der Waals surface area (Å²) in [5, 5.41) is 16.3. The summed E-state index contributed by atoms with van der Waals surface area (Å²) < 4.78 is 5.60. The van der Waals surface area contributed by atoms with Crippen LogP contribution in [-0.2, 0) is 16.1 Å². The second-order valence-electron chi connectivity index (χ2n) is 5.21. The fourth-order valence-electron chi connectivity index (χ4n) is 1.83. The minimum absolute atomic E-state index is 0.356. The van der Waals surface area contributed by atoms with Gasteiger partial charge in [-0.1, -0.05) is 53.4 Å². The lowest BCUT2D eigenvalue weighted by Gasteiger charge is -2.10. The number of carbonyl (C=O) groups is 2. The molecule has 0 saturated carbocycles. The third kappa shape index (κ3) is 6.98. The maximum Gasteiger partial charge on any atom is 0.321 e. The minimum atomic E-state index is -0.523. The lowest BCUT2D eigenvalue weighted by molar-refractivity contribution is -0.119. The van der Waals surface area contributed by atoms with E-state index in [9.17, 15) is 9.59 Å². The average Bonchev–Trinajstić information content (AvgIpc) is 3.08. The fourth-order valence-corrected chi connectivity index (χ4v) is 3.75. The Morgan fingerprint density at radius 3 is 2.77 bits per heavy atom. The molecule has 1 aromatic carbocycles. The Bertz CT molecular complexity index is 711. The smallest absolute Gasteiger partial charge is 0.321 e. The van der Waals surface area contributed by atoms with Crippen LogP contribution in [0.15, 0.2) is 34.7 Å². The van der Waals surface area contributed by atoms with Crippen LogP contribution in [0.3, 0.4) is 0 Å². The van der Waals surface area contributed by atoms with Gasteiger partial charge in [0.25, 0.3) is 0 Å². The van der Waals surface area contributed by atoms with Gasteiger partial charge in [-0.25, -0.2) is 4.79 Å². The van der Waals surface area contributed by atoms with Gasteiger partial charge >= 0.3 is 6.03 Å². The molecule has 0 radical (unpaired) electrons. The summed E-state index contributed by atoms with van der Waals surface area (Å²) in [5.41, 5.74) is 0.958. The number of hydrogen-bond acceptors (Lipinski definition) is 8. The molecule has 0 fully saturated rings. The highest BCUT2D eigenvalue weighted by molar-refractivity contribution is 8.02. The van der Waals surface area contributed by atoms with Crippen molar-refractivity contribution in [1.82, 2.24) is 20.8 Å². The molecule has 1 unspecified atom stereocenters. The largest absolute Gasteiger partial charge is 0.383 e. The van der Waals surface area contributed by atoms with E-state index in [1.165, 1.54) is 23.1 Å². The van der Waals surface area contributed by atoms with E-state index in [4.69, 9.17) is 4.74 Å². The number of anilines is 1. The number of rotatable bonds is 9. The number of benzene rings is 1. The van der Waals surface area contributed by atoms with E-state index in [0.717, 1.165) is 5.56 Å². The normalized spacial score (nSPS) is 11.6. The summed E-state index contributed by atoms with van der Waals surface area (Å²) in [5.74, 6) is -0.385. The number of urea groups is 1. The van der Waals surface area contributed by atoms with Crippen molar-refractivity contribution in [3.63, 3.8) is 0 Å². The van der Waals surface area contributed by atoms with Gasteiger partial charge in [-0.3, -0.25) is 10.1 Å². The number of thioether (sulfide) groups is 1. The van der Waals surface area contributed by atoms with Crippen LogP contribution in [0.5, 0.6) is 0 Å².